The lowest BCUT2D eigenvalue weighted by atomic mass is 9.92. The summed E-state index contributed by atoms with van der Waals surface area (Å²) >= 11 is 0. The number of allylic oxidation sites excluding steroid dienone is 3. The van der Waals surface area contributed by atoms with Crippen molar-refractivity contribution in [3.05, 3.63) is 290 Å². The summed E-state index contributed by atoms with van der Waals surface area (Å²) in [4.78, 5) is 2.36. The molecule has 0 saturated carbocycles. The van der Waals surface area contributed by atoms with Crippen molar-refractivity contribution in [2.24, 2.45) is 0 Å². The number of fused-ring (bicyclic) bond motifs is 5. The van der Waals surface area contributed by atoms with E-state index in [1.165, 1.54) is 77.5 Å². The molecule has 1 heterocycles. The number of benzene rings is 11. The van der Waals surface area contributed by atoms with Crippen LogP contribution >= 0.6 is 0 Å². The Bertz CT molecular complexity index is 4000. The van der Waals surface area contributed by atoms with Gasteiger partial charge in [-0.3, -0.25) is 0 Å². The maximum Gasteiger partial charge on any atom is 0.135 e. The zero-order valence-corrected chi connectivity index (χ0v) is 39.0. The minimum Gasteiger partial charge on any atom is -0.456 e. The molecule has 0 bridgehead atoms. The monoisotopic (exact) mass is 905 g/mol. The van der Waals surface area contributed by atoms with Gasteiger partial charge in [-0.25, -0.2) is 0 Å². The zero-order chi connectivity index (χ0) is 47.1. The third-order valence-electron chi connectivity index (χ3n) is 14.1. The molecule has 0 aliphatic heterocycles. The van der Waals surface area contributed by atoms with Crippen LogP contribution in [0.3, 0.4) is 0 Å². The highest BCUT2D eigenvalue weighted by molar-refractivity contribution is 6.06. The highest BCUT2D eigenvalue weighted by Gasteiger charge is 2.17. The van der Waals surface area contributed by atoms with Crippen molar-refractivity contribution in [2.75, 3.05) is 4.90 Å². The predicted molar refractivity (Wildman–Crippen MR) is 299 cm³/mol. The Balaban J connectivity index is 0.842. The lowest BCUT2D eigenvalue weighted by Gasteiger charge is -2.26. The van der Waals surface area contributed by atoms with Crippen LogP contribution in [0.5, 0.6) is 0 Å². The molecule has 0 fully saturated rings. The van der Waals surface area contributed by atoms with Gasteiger partial charge in [0.05, 0.1) is 0 Å². The van der Waals surface area contributed by atoms with Gasteiger partial charge in [-0.1, -0.05) is 200 Å². The number of hydrogen-bond acceptors (Lipinski definition) is 2. The third-order valence-corrected chi connectivity index (χ3v) is 14.1. The van der Waals surface area contributed by atoms with E-state index in [0.717, 1.165) is 56.5 Å². The summed E-state index contributed by atoms with van der Waals surface area (Å²) in [5, 5.41) is 4.78. The van der Waals surface area contributed by atoms with E-state index in [-0.39, 0.29) is 0 Å². The summed E-state index contributed by atoms with van der Waals surface area (Å²) < 4.78 is 6.14. The van der Waals surface area contributed by atoms with Crippen molar-refractivity contribution in [3.8, 4) is 55.6 Å². The minimum atomic E-state index is 0.906. The largest absolute Gasteiger partial charge is 0.456 e. The number of hydrogen-bond donors (Lipinski definition) is 0. The first-order valence-corrected chi connectivity index (χ1v) is 24.4. The summed E-state index contributed by atoms with van der Waals surface area (Å²) in [6.45, 7) is 0. The molecule has 0 saturated heterocycles. The fourth-order valence-corrected chi connectivity index (χ4v) is 10.5. The van der Waals surface area contributed by atoms with Gasteiger partial charge in [0.15, 0.2) is 0 Å². The molecule has 13 rings (SSSR count). The Morgan fingerprint density at radius 1 is 0.310 bits per heavy atom. The van der Waals surface area contributed by atoms with Gasteiger partial charge in [-0.15, -0.1) is 0 Å². The van der Waals surface area contributed by atoms with E-state index >= 15 is 0 Å². The molecule has 0 atom stereocenters. The summed E-state index contributed by atoms with van der Waals surface area (Å²) in [5.41, 5.74) is 22.0. The van der Waals surface area contributed by atoms with Gasteiger partial charge in [0, 0.05) is 27.8 Å². The first kappa shape index (κ1) is 41.9. The van der Waals surface area contributed by atoms with Crippen LogP contribution in [0.25, 0.3) is 93.9 Å². The molecule has 71 heavy (non-hydrogen) atoms. The normalized spacial score (nSPS) is 12.2. The lowest BCUT2D eigenvalue weighted by molar-refractivity contribution is 0.669. The molecule has 2 nitrogen and oxygen atoms in total. The van der Waals surface area contributed by atoms with Crippen molar-refractivity contribution in [2.45, 2.75) is 6.42 Å². The van der Waals surface area contributed by atoms with Crippen molar-refractivity contribution in [3.63, 3.8) is 0 Å². The second-order valence-electron chi connectivity index (χ2n) is 18.4. The number of para-hydroxylation sites is 1. The van der Waals surface area contributed by atoms with Crippen molar-refractivity contribution in [1.82, 2.24) is 0 Å². The van der Waals surface area contributed by atoms with Crippen LogP contribution in [-0.4, -0.2) is 0 Å². The summed E-state index contributed by atoms with van der Waals surface area (Å²) in [7, 11) is 0. The number of furan rings is 1. The molecule has 0 amide bonds. The Morgan fingerprint density at radius 2 is 0.775 bits per heavy atom. The van der Waals surface area contributed by atoms with E-state index in [4.69, 9.17) is 4.42 Å². The lowest BCUT2D eigenvalue weighted by Crippen LogP contribution is -2.09. The maximum absolute atomic E-state index is 6.14. The Kier molecular flexibility index (Phi) is 10.6. The fourth-order valence-electron chi connectivity index (χ4n) is 10.5. The molecule has 1 aliphatic rings. The van der Waals surface area contributed by atoms with E-state index < -0.39 is 0 Å². The van der Waals surface area contributed by atoms with Gasteiger partial charge < -0.3 is 9.32 Å². The first-order valence-electron chi connectivity index (χ1n) is 24.4. The second-order valence-corrected chi connectivity index (χ2v) is 18.4. The molecule has 0 N–H and O–H groups in total. The molecule has 1 aliphatic carbocycles. The highest BCUT2D eigenvalue weighted by atomic mass is 16.3. The Morgan fingerprint density at radius 3 is 1.46 bits per heavy atom. The Hall–Kier alpha value is -9.24. The minimum absolute atomic E-state index is 0.906. The van der Waals surface area contributed by atoms with Gasteiger partial charge >= 0.3 is 0 Å². The van der Waals surface area contributed by atoms with E-state index in [9.17, 15) is 0 Å². The Labute approximate surface area is 414 Å². The third kappa shape index (κ3) is 8.02. The van der Waals surface area contributed by atoms with Crippen molar-refractivity contribution < 1.29 is 4.42 Å². The second kappa shape index (κ2) is 18.0. The van der Waals surface area contributed by atoms with Crippen LogP contribution in [0.15, 0.2) is 277 Å². The van der Waals surface area contributed by atoms with Gasteiger partial charge in [-0.2, -0.15) is 0 Å². The topological polar surface area (TPSA) is 16.4 Å². The predicted octanol–water partition coefficient (Wildman–Crippen LogP) is 19.1. The molecular weight excluding hydrogens is 859 g/mol. The zero-order valence-electron chi connectivity index (χ0n) is 39.0. The van der Waals surface area contributed by atoms with Gasteiger partial charge in [-0.05, 0) is 168 Å². The quantitative estimate of drug-likeness (QED) is 0.143. The van der Waals surface area contributed by atoms with Crippen LogP contribution in [0.4, 0.5) is 17.1 Å². The smallest absolute Gasteiger partial charge is 0.135 e. The van der Waals surface area contributed by atoms with Gasteiger partial charge in [0.2, 0.25) is 0 Å². The van der Waals surface area contributed by atoms with Crippen LogP contribution < -0.4 is 4.90 Å². The summed E-state index contributed by atoms with van der Waals surface area (Å²) in [6, 6.07) is 92.4. The fraction of sp³-hybridized carbons (Fsp3) is 0.0145. The highest BCUT2D eigenvalue weighted by Crippen LogP contribution is 2.40. The molecule has 0 radical (unpaired) electrons. The average Bonchev–Trinajstić information content (AvgIpc) is 3.68. The molecule has 0 unspecified atom stereocenters. The van der Waals surface area contributed by atoms with E-state index in [1.807, 2.05) is 12.1 Å². The summed E-state index contributed by atoms with van der Waals surface area (Å²) in [6.07, 6.45) is 7.63. The van der Waals surface area contributed by atoms with Crippen LogP contribution in [0.2, 0.25) is 0 Å². The van der Waals surface area contributed by atoms with E-state index in [0.29, 0.717) is 0 Å². The van der Waals surface area contributed by atoms with Gasteiger partial charge in [0.1, 0.15) is 11.2 Å². The standard InChI is InChI=1S/C69H47NO/c1-4-23-62-50(13-1)14-3-6-25-64(62)57-21-10-18-53(44-57)48-31-38-60(39-32-48)70(61-40-33-49(34-41-61)54-19-11-22-58(45-54)65-27-12-16-51-15-2-5-24-63(51)65)59-36-29-47(30-37-59)52-17-9-20-55(43-52)56-35-42-69-67(46-56)66-26-7-8-28-68(66)71-69/h1-13,15-46H,14H2. The van der Waals surface area contributed by atoms with E-state index in [2.05, 4.69) is 266 Å². The van der Waals surface area contributed by atoms with Crippen LogP contribution in [-0.2, 0) is 6.42 Å². The van der Waals surface area contributed by atoms with E-state index in [1.54, 1.807) is 0 Å². The van der Waals surface area contributed by atoms with Crippen molar-refractivity contribution in [1.29, 1.82) is 0 Å². The number of anilines is 3. The molecule has 1 aromatic heterocycles. The summed E-state index contributed by atoms with van der Waals surface area (Å²) in [5.74, 6) is 0. The molecular formula is C69H47NO. The molecule has 0 spiro atoms. The molecule has 2 heteroatoms. The maximum atomic E-state index is 6.14. The molecule has 334 valence electrons. The van der Waals surface area contributed by atoms with Gasteiger partial charge in [0.25, 0.3) is 0 Å². The SMILES string of the molecule is C1=CCc2ccccc2C(c2cccc(-c3ccc(N(c4ccc(-c5cccc(-c6ccc7oc8ccccc8c7c6)c5)cc4)c4ccc(-c5cccc(-c6cccc7ccccc67)c5)cc4)cc3)c2)=C1. The number of nitrogens with zero attached hydrogens (tertiary/aromatic N) is 1. The van der Waals surface area contributed by atoms with Crippen LogP contribution in [0.1, 0.15) is 16.7 Å². The number of rotatable bonds is 9. The van der Waals surface area contributed by atoms with Crippen molar-refractivity contribution >= 4 is 55.3 Å². The van der Waals surface area contributed by atoms with Crippen LogP contribution in [0, 0.1) is 0 Å². The molecule has 12 aromatic rings. The average molecular weight is 906 g/mol. The molecule has 11 aromatic carbocycles. The first-order chi connectivity index (χ1) is 35.2.